The van der Waals surface area contributed by atoms with E-state index in [0.29, 0.717) is 15.6 Å². The Morgan fingerprint density at radius 2 is 2.05 bits per heavy atom. The molecule has 0 spiro atoms. The van der Waals surface area contributed by atoms with Gasteiger partial charge in [-0.15, -0.1) is 0 Å². The van der Waals surface area contributed by atoms with Gasteiger partial charge in [0.2, 0.25) is 5.91 Å². The summed E-state index contributed by atoms with van der Waals surface area (Å²) in [5, 5.41) is 14.2. The van der Waals surface area contributed by atoms with Gasteiger partial charge in [-0.2, -0.15) is 0 Å². The highest BCUT2D eigenvalue weighted by atomic mass is 35.5. The summed E-state index contributed by atoms with van der Waals surface area (Å²) >= 11 is 12.0. The molecule has 1 fully saturated rings. The standard InChI is InChI=1S/C15H20Cl2N2O2/c1-10(15(21)19-6-2-3-7-19)18-9-14(20)12-8-11(16)4-5-13(12)17/h4-5,8,10,14,18,20H,2-3,6-7,9H2,1H3. The molecular weight excluding hydrogens is 311 g/mol. The summed E-state index contributed by atoms with van der Waals surface area (Å²) in [6.45, 7) is 3.72. The zero-order chi connectivity index (χ0) is 15.4. The minimum Gasteiger partial charge on any atom is -0.387 e. The molecule has 1 aromatic rings. The normalized spacial score (nSPS) is 17.8. The lowest BCUT2D eigenvalue weighted by molar-refractivity contribution is -0.132. The Kier molecular flexibility index (Phi) is 5.88. The number of carbonyl (C=O) groups is 1. The minimum atomic E-state index is -0.801. The summed E-state index contributed by atoms with van der Waals surface area (Å²) in [5.74, 6) is 0.0805. The Morgan fingerprint density at radius 3 is 2.71 bits per heavy atom. The van der Waals surface area contributed by atoms with Crippen LogP contribution in [0.1, 0.15) is 31.4 Å². The summed E-state index contributed by atoms with van der Waals surface area (Å²) in [7, 11) is 0. The topological polar surface area (TPSA) is 52.6 Å². The van der Waals surface area contributed by atoms with Gasteiger partial charge in [0.05, 0.1) is 12.1 Å². The third-order valence-corrected chi connectivity index (χ3v) is 4.30. The van der Waals surface area contributed by atoms with Gasteiger partial charge in [-0.1, -0.05) is 23.2 Å². The average molecular weight is 331 g/mol. The van der Waals surface area contributed by atoms with Crippen LogP contribution in [0.15, 0.2) is 18.2 Å². The summed E-state index contributed by atoms with van der Waals surface area (Å²) in [4.78, 5) is 14.0. The average Bonchev–Trinajstić information content (AvgIpc) is 3.00. The molecule has 0 aromatic heterocycles. The van der Waals surface area contributed by atoms with Gasteiger partial charge in [0.25, 0.3) is 0 Å². The van der Waals surface area contributed by atoms with Crippen LogP contribution in [0.2, 0.25) is 10.0 Å². The number of aliphatic hydroxyl groups is 1. The molecule has 2 unspecified atom stereocenters. The van der Waals surface area contributed by atoms with Crippen molar-refractivity contribution in [3.05, 3.63) is 33.8 Å². The van der Waals surface area contributed by atoms with E-state index in [9.17, 15) is 9.90 Å². The highest BCUT2D eigenvalue weighted by Gasteiger charge is 2.23. The van der Waals surface area contributed by atoms with Gasteiger partial charge in [-0.3, -0.25) is 4.79 Å². The van der Waals surface area contributed by atoms with E-state index in [-0.39, 0.29) is 18.5 Å². The number of carbonyl (C=O) groups excluding carboxylic acids is 1. The van der Waals surface area contributed by atoms with Crippen molar-refractivity contribution in [3.63, 3.8) is 0 Å². The second-order valence-corrected chi connectivity index (χ2v) is 6.19. The molecule has 1 aromatic carbocycles. The van der Waals surface area contributed by atoms with Crippen molar-refractivity contribution in [2.24, 2.45) is 0 Å². The predicted octanol–water partition coefficient (Wildman–Crippen LogP) is 2.63. The summed E-state index contributed by atoms with van der Waals surface area (Å²) in [6, 6.07) is 4.65. The van der Waals surface area contributed by atoms with Crippen molar-refractivity contribution >= 4 is 29.1 Å². The van der Waals surface area contributed by atoms with Crippen LogP contribution in [0.25, 0.3) is 0 Å². The number of nitrogens with one attached hydrogen (secondary N) is 1. The summed E-state index contributed by atoms with van der Waals surface area (Å²) in [5.41, 5.74) is 0.567. The van der Waals surface area contributed by atoms with Crippen LogP contribution >= 0.6 is 23.2 Å². The monoisotopic (exact) mass is 330 g/mol. The first-order chi connectivity index (χ1) is 9.99. The van der Waals surface area contributed by atoms with Gasteiger partial charge in [-0.25, -0.2) is 0 Å². The van der Waals surface area contributed by atoms with Gasteiger partial charge in [0.15, 0.2) is 0 Å². The fourth-order valence-electron chi connectivity index (χ4n) is 2.47. The number of rotatable bonds is 5. The fraction of sp³-hybridized carbons (Fsp3) is 0.533. The molecule has 4 nitrogen and oxygen atoms in total. The van der Waals surface area contributed by atoms with E-state index in [0.717, 1.165) is 25.9 Å². The Labute approximate surface area is 135 Å². The van der Waals surface area contributed by atoms with Crippen molar-refractivity contribution < 1.29 is 9.90 Å². The number of benzene rings is 1. The van der Waals surface area contributed by atoms with E-state index in [1.54, 1.807) is 18.2 Å². The number of halogens is 2. The lowest BCUT2D eigenvalue weighted by atomic mass is 10.1. The van der Waals surface area contributed by atoms with Crippen LogP contribution < -0.4 is 5.32 Å². The maximum Gasteiger partial charge on any atom is 0.239 e. The second-order valence-electron chi connectivity index (χ2n) is 5.34. The summed E-state index contributed by atoms with van der Waals surface area (Å²) in [6.07, 6.45) is 1.34. The van der Waals surface area contributed by atoms with E-state index >= 15 is 0 Å². The van der Waals surface area contributed by atoms with Gasteiger partial charge in [0, 0.05) is 35.2 Å². The molecule has 1 heterocycles. The highest BCUT2D eigenvalue weighted by molar-refractivity contribution is 6.33. The minimum absolute atomic E-state index is 0.0805. The quantitative estimate of drug-likeness (QED) is 0.872. The van der Waals surface area contributed by atoms with Crippen LogP contribution in [-0.2, 0) is 4.79 Å². The van der Waals surface area contributed by atoms with Gasteiger partial charge in [0.1, 0.15) is 0 Å². The molecule has 21 heavy (non-hydrogen) atoms. The molecule has 0 radical (unpaired) electrons. The maximum absolute atomic E-state index is 12.2. The first-order valence-corrected chi connectivity index (χ1v) is 7.90. The van der Waals surface area contributed by atoms with Crippen molar-refractivity contribution in [1.29, 1.82) is 0 Å². The van der Waals surface area contributed by atoms with Gasteiger partial charge < -0.3 is 15.3 Å². The third kappa shape index (κ3) is 4.33. The Morgan fingerprint density at radius 1 is 1.38 bits per heavy atom. The van der Waals surface area contributed by atoms with Crippen LogP contribution in [-0.4, -0.2) is 41.6 Å². The van der Waals surface area contributed by atoms with Crippen molar-refractivity contribution in [2.45, 2.75) is 31.9 Å². The zero-order valence-electron chi connectivity index (χ0n) is 12.0. The van der Waals surface area contributed by atoms with Crippen LogP contribution in [0.3, 0.4) is 0 Å². The molecular formula is C15H20Cl2N2O2. The lowest BCUT2D eigenvalue weighted by Gasteiger charge is -2.22. The molecule has 1 amide bonds. The maximum atomic E-state index is 12.2. The predicted molar refractivity (Wildman–Crippen MR) is 84.7 cm³/mol. The third-order valence-electron chi connectivity index (χ3n) is 3.72. The SMILES string of the molecule is CC(NCC(O)c1cc(Cl)ccc1Cl)C(=O)N1CCCC1. The number of aliphatic hydroxyl groups excluding tert-OH is 1. The van der Waals surface area contributed by atoms with Gasteiger partial charge in [-0.05, 0) is 38.0 Å². The number of likely N-dealkylation sites (tertiary alicyclic amines) is 1. The second kappa shape index (κ2) is 7.45. The van der Waals surface area contributed by atoms with Crippen LogP contribution in [0, 0.1) is 0 Å². The van der Waals surface area contributed by atoms with Gasteiger partial charge >= 0.3 is 0 Å². The van der Waals surface area contributed by atoms with E-state index in [1.807, 2.05) is 11.8 Å². The van der Waals surface area contributed by atoms with E-state index in [2.05, 4.69) is 5.32 Å². The molecule has 2 rings (SSSR count). The Balaban J connectivity index is 1.89. The molecule has 2 N–H and O–H groups in total. The lowest BCUT2D eigenvalue weighted by Crippen LogP contribution is -2.44. The number of hydrogen-bond acceptors (Lipinski definition) is 3. The first-order valence-electron chi connectivity index (χ1n) is 7.14. The molecule has 116 valence electrons. The molecule has 0 bridgehead atoms. The van der Waals surface area contributed by atoms with E-state index in [1.165, 1.54) is 0 Å². The fourth-order valence-corrected chi connectivity index (χ4v) is 2.89. The summed E-state index contributed by atoms with van der Waals surface area (Å²) < 4.78 is 0. The Bertz CT molecular complexity index is 504. The molecule has 6 heteroatoms. The van der Waals surface area contributed by atoms with Crippen LogP contribution in [0.5, 0.6) is 0 Å². The molecule has 2 atom stereocenters. The largest absolute Gasteiger partial charge is 0.387 e. The van der Waals surface area contributed by atoms with Crippen molar-refractivity contribution in [2.75, 3.05) is 19.6 Å². The van der Waals surface area contributed by atoms with Crippen LogP contribution in [0.4, 0.5) is 0 Å². The smallest absolute Gasteiger partial charge is 0.239 e. The number of nitrogens with zero attached hydrogens (tertiary/aromatic N) is 1. The molecule has 1 aliphatic rings. The molecule has 1 aliphatic heterocycles. The number of amides is 1. The Hall–Kier alpha value is -0.810. The molecule has 1 saturated heterocycles. The van der Waals surface area contributed by atoms with Crippen molar-refractivity contribution in [3.8, 4) is 0 Å². The molecule has 0 saturated carbocycles. The first kappa shape index (κ1) is 16.6. The van der Waals surface area contributed by atoms with Crippen molar-refractivity contribution in [1.82, 2.24) is 10.2 Å². The molecule has 0 aliphatic carbocycles. The highest BCUT2D eigenvalue weighted by Crippen LogP contribution is 2.26. The zero-order valence-corrected chi connectivity index (χ0v) is 13.5. The van der Waals surface area contributed by atoms with E-state index < -0.39 is 6.10 Å². The van der Waals surface area contributed by atoms with E-state index in [4.69, 9.17) is 23.2 Å². The number of hydrogen-bond donors (Lipinski definition) is 2.